The van der Waals surface area contributed by atoms with Crippen LogP contribution in [0.1, 0.15) is 18.4 Å². The number of hydrogen-bond acceptors (Lipinski definition) is 3. The van der Waals surface area contributed by atoms with Gasteiger partial charge in [-0.3, -0.25) is 0 Å². The number of halogens is 2. The molecule has 0 radical (unpaired) electrons. The third-order valence-corrected chi connectivity index (χ3v) is 4.66. The third-order valence-electron chi connectivity index (χ3n) is 3.48. The molecule has 1 aromatic rings. The number of piperidine rings is 1. The SMILES string of the molecule is COc1c(Br)cc(CNC2CCCN(C)C2)cc1Br. The van der Waals surface area contributed by atoms with E-state index < -0.39 is 0 Å². The van der Waals surface area contributed by atoms with E-state index in [-0.39, 0.29) is 0 Å². The van der Waals surface area contributed by atoms with Gasteiger partial charge in [0.25, 0.3) is 0 Å². The predicted octanol–water partition coefficient (Wildman–Crippen LogP) is 3.40. The lowest BCUT2D eigenvalue weighted by molar-refractivity contribution is 0.226. The Morgan fingerprint density at radius 1 is 1.37 bits per heavy atom. The molecule has 0 amide bonds. The molecule has 5 heteroatoms. The van der Waals surface area contributed by atoms with Crippen molar-refractivity contribution < 1.29 is 4.74 Å². The van der Waals surface area contributed by atoms with Crippen LogP contribution < -0.4 is 10.1 Å². The molecule has 1 aromatic carbocycles. The summed E-state index contributed by atoms with van der Waals surface area (Å²) < 4.78 is 7.29. The van der Waals surface area contributed by atoms with Crippen molar-refractivity contribution in [3.8, 4) is 5.75 Å². The minimum Gasteiger partial charge on any atom is -0.494 e. The molecular weight excluding hydrogens is 372 g/mol. The molecule has 106 valence electrons. The second kappa shape index (κ2) is 7.07. The van der Waals surface area contributed by atoms with E-state index in [1.54, 1.807) is 7.11 Å². The first kappa shape index (κ1) is 15.3. The van der Waals surface area contributed by atoms with Gasteiger partial charge in [0, 0.05) is 19.1 Å². The van der Waals surface area contributed by atoms with Gasteiger partial charge in [0.2, 0.25) is 0 Å². The number of benzene rings is 1. The summed E-state index contributed by atoms with van der Waals surface area (Å²) in [4.78, 5) is 2.39. The molecule has 1 N–H and O–H groups in total. The van der Waals surface area contributed by atoms with E-state index in [4.69, 9.17) is 4.74 Å². The summed E-state index contributed by atoms with van der Waals surface area (Å²) in [5.41, 5.74) is 1.26. The minimum absolute atomic E-state index is 0.596. The van der Waals surface area contributed by atoms with Crippen LogP contribution in [0.5, 0.6) is 5.75 Å². The Hall–Kier alpha value is -0.100. The van der Waals surface area contributed by atoms with Crippen molar-refractivity contribution in [2.24, 2.45) is 0 Å². The Balaban J connectivity index is 1.96. The lowest BCUT2D eigenvalue weighted by Crippen LogP contribution is -2.43. The van der Waals surface area contributed by atoms with E-state index in [1.165, 1.54) is 24.9 Å². The molecule has 1 aliphatic rings. The van der Waals surface area contributed by atoms with Crippen molar-refractivity contribution >= 4 is 31.9 Å². The van der Waals surface area contributed by atoms with E-state index in [0.717, 1.165) is 27.8 Å². The van der Waals surface area contributed by atoms with Crippen molar-refractivity contribution in [1.29, 1.82) is 0 Å². The van der Waals surface area contributed by atoms with E-state index in [1.807, 2.05) is 0 Å². The van der Waals surface area contributed by atoms with Gasteiger partial charge in [-0.2, -0.15) is 0 Å². The number of nitrogens with zero attached hydrogens (tertiary/aromatic N) is 1. The van der Waals surface area contributed by atoms with Crippen LogP contribution in [0.4, 0.5) is 0 Å². The summed E-state index contributed by atoms with van der Waals surface area (Å²) in [7, 11) is 3.87. The van der Waals surface area contributed by atoms with Crippen molar-refractivity contribution in [2.75, 3.05) is 27.2 Å². The second-order valence-electron chi connectivity index (χ2n) is 5.08. The average Bonchev–Trinajstić information content (AvgIpc) is 2.36. The summed E-state index contributed by atoms with van der Waals surface area (Å²) in [6.07, 6.45) is 2.55. The number of likely N-dealkylation sites (N-methyl/N-ethyl adjacent to an activating group) is 1. The molecule has 0 spiro atoms. The van der Waals surface area contributed by atoms with E-state index in [0.29, 0.717) is 6.04 Å². The Morgan fingerprint density at radius 2 is 2.05 bits per heavy atom. The number of methoxy groups -OCH3 is 1. The molecule has 19 heavy (non-hydrogen) atoms. The number of rotatable bonds is 4. The molecule has 1 aliphatic heterocycles. The van der Waals surface area contributed by atoms with E-state index in [9.17, 15) is 0 Å². The molecule has 0 saturated carbocycles. The Kier molecular flexibility index (Phi) is 5.69. The van der Waals surface area contributed by atoms with Gasteiger partial charge in [0.15, 0.2) is 0 Å². The summed E-state index contributed by atoms with van der Waals surface area (Å²) >= 11 is 7.09. The highest BCUT2D eigenvalue weighted by Crippen LogP contribution is 2.34. The van der Waals surface area contributed by atoms with Crippen molar-refractivity contribution in [2.45, 2.75) is 25.4 Å². The normalized spacial score (nSPS) is 20.5. The molecule has 0 aromatic heterocycles. The average molecular weight is 392 g/mol. The van der Waals surface area contributed by atoms with E-state index in [2.05, 4.69) is 61.3 Å². The lowest BCUT2D eigenvalue weighted by Gasteiger charge is -2.30. The zero-order valence-corrected chi connectivity index (χ0v) is 14.6. The summed E-state index contributed by atoms with van der Waals surface area (Å²) in [5.74, 6) is 0.848. The Morgan fingerprint density at radius 3 is 2.63 bits per heavy atom. The molecule has 1 unspecified atom stereocenters. The fraction of sp³-hybridized carbons (Fsp3) is 0.571. The molecule has 3 nitrogen and oxygen atoms in total. The van der Waals surface area contributed by atoms with Crippen LogP contribution in [0.2, 0.25) is 0 Å². The molecule has 0 aliphatic carbocycles. The van der Waals surface area contributed by atoms with Crippen LogP contribution in [-0.2, 0) is 6.54 Å². The van der Waals surface area contributed by atoms with Crippen LogP contribution >= 0.6 is 31.9 Å². The van der Waals surface area contributed by atoms with Gasteiger partial charge in [-0.15, -0.1) is 0 Å². The second-order valence-corrected chi connectivity index (χ2v) is 6.78. The van der Waals surface area contributed by atoms with Gasteiger partial charge in [-0.1, -0.05) is 0 Å². The lowest BCUT2D eigenvalue weighted by atomic mass is 10.1. The first-order chi connectivity index (χ1) is 9.10. The zero-order chi connectivity index (χ0) is 13.8. The monoisotopic (exact) mass is 390 g/mol. The van der Waals surface area contributed by atoms with Crippen LogP contribution in [0, 0.1) is 0 Å². The van der Waals surface area contributed by atoms with Crippen molar-refractivity contribution in [3.63, 3.8) is 0 Å². The highest BCUT2D eigenvalue weighted by Gasteiger charge is 2.16. The summed E-state index contributed by atoms with van der Waals surface area (Å²) in [6.45, 7) is 3.25. The first-order valence-corrected chi connectivity index (χ1v) is 8.12. The number of hydrogen-bond donors (Lipinski definition) is 1. The minimum atomic E-state index is 0.596. The summed E-state index contributed by atoms with van der Waals surface area (Å²) in [6, 6.07) is 4.82. The Labute approximate surface area is 132 Å². The first-order valence-electron chi connectivity index (χ1n) is 6.54. The van der Waals surface area contributed by atoms with E-state index >= 15 is 0 Å². The molecule has 1 fully saturated rings. The van der Waals surface area contributed by atoms with Gasteiger partial charge in [0.1, 0.15) is 5.75 Å². The largest absolute Gasteiger partial charge is 0.494 e. The molecule has 0 bridgehead atoms. The number of nitrogens with one attached hydrogen (secondary N) is 1. The van der Waals surface area contributed by atoms with Crippen LogP contribution in [-0.4, -0.2) is 38.2 Å². The Bertz CT molecular complexity index is 416. The van der Waals surface area contributed by atoms with Gasteiger partial charge in [0.05, 0.1) is 16.1 Å². The highest BCUT2D eigenvalue weighted by atomic mass is 79.9. The van der Waals surface area contributed by atoms with Crippen LogP contribution in [0.25, 0.3) is 0 Å². The quantitative estimate of drug-likeness (QED) is 0.851. The van der Waals surface area contributed by atoms with Crippen molar-refractivity contribution in [3.05, 3.63) is 26.6 Å². The maximum absolute atomic E-state index is 5.32. The molecule has 2 rings (SSSR count). The molecular formula is C14H20Br2N2O. The smallest absolute Gasteiger partial charge is 0.147 e. The van der Waals surface area contributed by atoms with Crippen LogP contribution in [0.3, 0.4) is 0 Å². The standard InChI is InChI=1S/C14H20Br2N2O/c1-18-5-3-4-11(9-18)17-8-10-6-12(15)14(19-2)13(16)7-10/h6-7,11,17H,3-5,8-9H2,1-2H3. The van der Waals surface area contributed by atoms with Crippen LogP contribution in [0.15, 0.2) is 21.1 Å². The summed E-state index contributed by atoms with van der Waals surface area (Å²) in [5, 5.41) is 3.64. The maximum atomic E-state index is 5.32. The topological polar surface area (TPSA) is 24.5 Å². The fourth-order valence-electron chi connectivity index (χ4n) is 2.50. The third kappa shape index (κ3) is 4.18. The van der Waals surface area contributed by atoms with Crippen molar-refractivity contribution in [1.82, 2.24) is 10.2 Å². The van der Waals surface area contributed by atoms with Gasteiger partial charge in [-0.05, 0) is 76.0 Å². The van der Waals surface area contributed by atoms with Gasteiger partial charge >= 0.3 is 0 Å². The highest BCUT2D eigenvalue weighted by molar-refractivity contribution is 9.11. The molecule has 1 heterocycles. The molecule has 1 saturated heterocycles. The number of likely N-dealkylation sites (tertiary alicyclic amines) is 1. The zero-order valence-electron chi connectivity index (χ0n) is 11.4. The van der Waals surface area contributed by atoms with Gasteiger partial charge < -0.3 is 15.0 Å². The molecule has 1 atom stereocenters. The maximum Gasteiger partial charge on any atom is 0.147 e. The van der Waals surface area contributed by atoms with Gasteiger partial charge in [-0.25, -0.2) is 0 Å². The predicted molar refractivity (Wildman–Crippen MR) is 85.8 cm³/mol. The number of ether oxygens (including phenoxy) is 1. The fourth-order valence-corrected chi connectivity index (χ4v) is 4.11.